The molecule has 0 aliphatic rings. The molecule has 0 aromatic heterocycles. The van der Waals surface area contributed by atoms with Crippen molar-refractivity contribution in [1.29, 1.82) is 0 Å². The second-order valence-electron chi connectivity index (χ2n) is 4.97. The highest BCUT2D eigenvalue weighted by Gasteiger charge is 2.35. The Balaban J connectivity index is 2.18. The van der Waals surface area contributed by atoms with Crippen LogP contribution in [0.1, 0.15) is 11.7 Å². The zero-order valence-electron chi connectivity index (χ0n) is 12.7. The average molecular weight is 423 g/mol. The van der Waals surface area contributed by atoms with Crippen LogP contribution in [0, 0.1) is 0 Å². The standard InChI is InChI=1S/C16H14Cl3NO4S/c17-16(18,19)15(21)24-14(12-7-3-1-4-8-12)11-20-25(22,23)13-9-5-2-6-10-13/h1-10,14,20H,11H2/t14-/m0/s1. The quantitative estimate of drug-likeness (QED) is 0.570. The van der Waals surface area contributed by atoms with Crippen LogP contribution in [0.3, 0.4) is 0 Å². The number of carbonyl (C=O) groups is 1. The maximum atomic E-state index is 12.3. The minimum absolute atomic E-state index is 0.0921. The fourth-order valence-corrected chi connectivity index (χ4v) is 3.15. The molecule has 0 spiro atoms. The molecule has 0 saturated heterocycles. The Morgan fingerprint density at radius 3 is 2.04 bits per heavy atom. The molecule has 1 N–H and O–H groups in total. The van der Waals surface area contributed by atoms with Gasteiger partial charge in [-0.3, -0.25) is 0 Å². The highest BCUT2D eigenvalue weighted by atomic mass is 35.6. The van der Waals surface area contributed by atoms with Gasteiger partial charge in [-0.15, -0.1) is 0 Å². The van der Waals surface area contributed by atoms with Crippen LogP contribution < -0.4 is 4.72 Å². The molecule has 0 saturated carbocycles. The van der Waals surface area contributed by atoms with Gasteiger partial charge in [-0.25, -0.2) is 17.9 Å². The zero-order valence-corrected chi connectivity index (χ0v) is 15.8. The van der Waals surface area contributed by atoms with E-state index in [2.05, 4.69) is 4.72 Å². The number of hydrogen-bond donors (Lipinski definition) is 1. The maximum Gasteiger partial charge on any atom is 0.359 e. The Labute approximate surface area is 160 Å². The summed E-state index contributed by atoms with van der Waals surface area (Å²) in [6.07, 6.45) is -0.956. The average Bonchev–Trinajstić information content (AvgIpc) is 2.59. The van der Waals surface area contributed by atoms with Crippen molar-refractivity contribution in [2.45, 2.75) is 14.8 Å². The van der Waals surface area contributed by atoms with E-state index >= 15 is 0 Å². The maximum absolute atomic E-state index is 12.3. The number of rotatable bonds is 6. The van der Waals surface area contributed by atoms with Gasteiger partial charge in [0.05, 0.1) is 11.4 Å². The van der Waals surface area contributed by atoms with Gasteiger partial charge in [0.2, 0.25) is 10.0 Å². The van der Waals surface area contributed by atoms with Gasteiger partial charge in [0, 0.05) is 0 Å². The highest BCUT2D eigenvalue weighted by molar-refractivity contribution is 7.89. The third-order valence-corrected chi connectivity index (χ3v) is 5.07. The van der Waals surface area contributed by atoms with Gasteiger partial charge in [-0.1, -0.05) is 83.3 Å². The minimum Gasteiger partial charge on any atom is -0.453 e. The topological polar surface area (TPSA) is 72.5 Å². The van der Waals surface area contributed by atoms with Crippen LogP contribution in [0.25, 0.3) is 0 Å². The van der Waals surface area contributed by atoms with Gasteiger partial charge in [-0.05, 0) is 17.7 Å². The molecule has 2 rings (SSSR count). The van der Waals surface area contributed by atoms with E-state index in [1.807, 2.05) is 0 Å². The van der Waals surface area contributed by atoms with E-state index in [1.54, 1.807) is 48.5 Å². The lowest BCUT2D eigenvalue weighted by molar-refractivity contribution is -0.148. The van der Waals surface area contributed by atoms with Crippen LogP contribution in [0.4, 0.5) is 0 Å². The van der Waals surface area contributed by atoms with Crippen molar-refractivity contribution in [3.8, 4) is 0 Å². The van der Waals surface area contributed by atoms with Crippen molar-refractivity contribution in [3.63, 3.8) is 0 Å². The first-order chi connectivity index (χ1) is 11.7. The highest BCUT2D eigenvalue weighted by Crippen LogP contribution is 2.30. The van der Waals surface area contributed by atoms with E-state index in [0.29, 0.717) is 5.56 Å². The molecule has 1 atom stereocenters. The monoisotopic (exact) mass is 421 g/mol. The van der Waals surface area contributed by atoms with E-state index < -0.39 is 25.9 Å². The Hall–Kier alpha value is -1.31. The van der Waals surface area contributed by atoms with Gasteiger partial charge < -0.3 is 4.74 Å². The molecule has 0 radical (unpaired) electrons. The summed E-state index contributed by atoms with van der Waals surface area (Å²) in [6, 6.07) is 16.4. The molecular weight excluding hydrogens is 409 g/mol. The number of halogens is 3. The summed E-state index contributed by atoms with van der Waals surface area (Å²) in [4.78, 5) is 11.9. The molecule has 2 aromatic rings. The normalized spacial score (nSPS) is 13.2. The lowest BCUT2D eigenvalue weighted by Crippen LogP contribution is -2.33. The van der Waals surface area contributed by atoms with Crippen molar-refractivity contribution in [2.24, 2.45) is 0 Å². The van der Waals surface area contributed by atoms with Gasteiger partial charge in [0.25, 0.3) is 3.79 Å². The van der Waals surface area contributed by atoms with Gasteiger partial charge in [0.15, 0.2) is 0 Å². The molecule has 0 aliphatic heterocycles. The lowest BCUT2D eigenvalue weighted by Gasteiger charge is -2.21. The first-order valence-electron chi connectivity index (χ1n) is 7.07. The Bertz CT molecular complexity index is 808. The molecule has 9 heteroatoms. The van der Waals surface area contributed by atoms with Gasteiger partial charge in [-0.2, -0.15) is 0 Å². The molecule has 0 amide bonds. The molecule has 0 bridgehead atoms. The predicted octanol–water partition coefficient (Wildman–Crippen LogP) is 3.62. The molecular formula is C16H14Cl3NO4S. The summed E-state index contributed by atoms with van der Waals surface area (Å²) in [5, 5.41) is 0. The van der Waals surface area contributed by atoms with Crippen LogP contribution >= 0.6 is 34.8 Å². The first kappa shape index (κ1) is 20.0. The van der Waals surface area contributed by atoms with Crippen LogP contribution in [0.15, 0.2) is 65.6 Å². The third-order valence-electron chi connectivity index (χ3n) is 3.16. The second kappa shape index (κ2) is 8.38. The number of benzene rings is 2. The Morgan fingerprint density at radius 2 is 1.52 bits per heavy atom. The number of carbonyl (C=O) groups excluding carboxylic acids is 1. The summed E-state index contributed by atoms with van der Waals surface area (Å²) >= 11 is 16.6. The van der Waals surface area contributed by atoms with Crippen LogP contribution in [-0.2, 0) is 19.6 Å². The van der Waals surface area contributed by atoms with Crippen LogP contribution in [0.5, 0.6) is 0 Å². The molecule has 0 aliphatic carbocycles. The number of esters is 1. The van der Waals surface area contributed by atoms with E-state index in [-0.39, 0.29) is 11.4 Å². The van der Waals surface area contributed by atoms with E-state index in [4.69, 9.17) is 39.5 Å². The Kier molecular flexibility index (Phi) is 6.71. The fraction of sp³-hybridized carbons (Fsp3) is 0.188. The Morgan fingerprint density at radius 1 is 1.00 bits per heavy atom. The largest absolute Gasteiger partial charge is 0.453 e. The number of hydrogen-bond acceptors (Lipinski definition) is 4. The smallest absolute Gasteiger partial charge is 0.359 e. The number of ether oxygens (including phenoxy) is 1. The van der Waals surface area contributed by atoms with Crippen molar-refractivity contribution in [1.82, 2.24) is 4.72 Å². The van der Waals surface area contributed by atoms with Crippen molar-refractivity contribution in [3.05, 3.63) is 66.2 Å². The van der Waals surface area contributed by atoms with Gasteiger partial charge >= 0.3 is 5.97 Å². The summed E-state index contributed by atoms with van der Waals surface area (Å²) < 4.78 is 30.0. The van der Waals surface area contributed by atoms with E-state index in [0.717, 1.165) is 0 Å². The summed E-state index contributed by atoms with van der Waals surface area (Å²) in [5.74, 6) is -1.09. The summed E-state index contributed by atoms with van der Waals surface area (Å²) in [5.41, 5.74) is 0.556. The SMILES string of the molecule is O=C(O[C@@H](CNS(=O)(=O)c1ccccc1)c1ccccc1)C(Cl)(Cl)Cl. The molecule has 5 nitrogen and oxygen atoms in total. The zero-order chi connectivity index (χ0) is 18.5. The van der Waals surface area contributed by atoms with E-state index in [9.17, 15) is 13.2 Å². The van der Waals surface area contributed by atoms with Crippen LogP contribution in [-0.4, -0.2) is 24.7 Å². The second-order valence-corrected chi connectivity index (χ2v) is 9.02. The lowest BCUT2D eigenvalue weighted by atomic mass is 10.1. The molecule has 0 heterocycles. The third kappa shape index (κ3) is 5.87. The minimum atomic E-state index is -3.77. The molecule has 134 valence electrons. The van der Waals surface area contributed by atoms with Crippen LogP contribution in [0.2, 0.25) is 0 Å². The van der Waals surface area contributed by atoms with Gasteiger partial charge in [0.1, 0.15) is 6.10 Å². The fourth-order valence-electron chi connectivity index (χ4n) is 1.96. The molecule has 2 aromatic carbocycles. The molecule has 25 heavy (non-hydrogen) atoms. The van der Waals surface area contributed by atoms with Crippen molar-refractivity contribution >= 4 is 50.8 Å². The van der Waals surface area contributed by atoms with Crippen molar-refractivity contribution < 1.29 is 17.9 Å². The molecule has 0 fully saturated rings. The molecule has 0 unspecified atom stereocenters. The predicted molar refractivity (Wildman–Crippen MR) is 97.2 cm³/mol. The number of alkyl halides is 3. The summed E-state index contributed by atoms with van der Waals surface area (Å²) in [6.45, 7) is -0.215. The number of sulfonamides is 1. The summed E-state index contributed by atoms with van der Waals surface area (Å²) in [7, 11) is -3.77. The number of nitrogens with one attached hydrogen (secondary N) is 1. The van der Waals surface area contributed by atoms with E-state index in [1.165, 1.54) is 12.1 Å². The first-order valence-corrected chi connectivity index (χ1v) is 9.69. The van der Waals surface area contributed by atoms with Crippen molar-refractivity contribution in [2.75, 3.05) is 6.54 Å².